The van der Waals surface area contributed by atoms with Crippen molar-refractivity contribution in [2.24, 2.45) is 0 Å². The fraction of sp³-hybridized carbons (Fsp3) is 0.538. The molecule has 0 heterocycles. The first-order chi connectivity index (χ1) is 12.1. The molecule has 1 rings (SSSR count). The van der Waals surface area contributed by atoms with Gasteiger partial charge < -0.3 is 10.0 Å². The van der Waals surface area contributed by atoms with Crippen LogP contribution in [0.3, 0.4) is 0 Å². The summed E-state index contributed by atoms with van der Waals surface area (Å²) in [5.41, 5.74) is -3.26. The number of nitro benzene ring substituents is 3. The summed E-state index contributed by atoms with van der Waals surface area (Å²) in [6.07, 6.45) is 2.21. The lowest BCUT2D eigenvalue weighted by molar-refractivity contribution is -0.879. The summed E-state index contributed by atoms with van der Waals surface area (Å²) in [5.74, 6) is 0.0942. The average molecular weight is 413 g/mol. The van der Waals surface area contributed by atoms with Crippen LogP contribution in [-0.2, 0) is 0 Å². The third kappa shape index (κ3) is 8.23. The van der Waals surface area contributed by atoms with Crippen LogP contribution in [0.2, 0.25) is 0 Å². The summed E-state index contributed by atoms with van der Waals surface area (Å²) in [6.45, 7) is 2.33. The van der Waals surface area contributed by atoms with Crippen molar-refractivity contribution in [1.29, 1.82) is 0 Å². The van der Waals surface area contributed by atoms with Gasteiger partial charge in [-0.3, -0.25) is 30.3 Å². The molecule has 0 amide bonds. The highest BCUT2D eigenvalue weighted by atomic mass is 35.5. The molecule has 0 fully saturated rings. The molecule has 11 nitrogen and oxygen atoms in total. The van der Waals surface area contributed by atoms with Crippen molar-refractivity contribution >= 4 is 40.3 Å². The van der Waals surface area contributed by atoms with E-state index in [1.807, 2.05) is 0 Å². The Bertz CT molecular complexity index is 602. The normalized spacial score (nSPS) is 10.2. The Kier molecular flexibility index (Phi) is 11.1. The predicted molar refractivity (Wildman–Crippen MR) is 93.1 cm³/mol. The van der Waals surface area contributed by atoms with Crippen molar-refractivity contribution in [3.63, 3.8) is 0 Å². The molecule has 0 saturated heterocycles. The minimum Gasteiger partial charge on any atom is -0.863 e. The van der Waals surface area contributed by atoms with E-state index in [0.29, 0.717) is 12.1 Å². The number of quaternary nitrogens is 1. The summed E-state index contributed by atoms with van der Waals surface area (Å²) in [4.78, 5) is 29.0. The first-order valence-corrected chi connectivity index (χ1v) is 8.44. The molecule has 0 bridgehead atoms. The molecule has 1 aromatic rings. The van der Waals surface area contributed by atoms with Gasteiger partial charge in [0.2, 0.25) is 0 Å². The Labute approximate surface area is 158 Å². The highest BCUT2D eigenvalue weighted by Gasteiger charge is 2.24. The Morgan fingerprint density at radius 2 is 1.27 bits per heavy atom. The van der Waals surface area contributed by atoms with Gasteiger partial charge in [-0.1, -0.05) is 0 Å². The second-order valence-corrected chi connectivity index (χ2v) is 5.88. The lowest BCUT2D eigenvalue weighted by Gasteiger charge is -2.11. The zero-order valence-corrected chi connectivity index (χ0v) is 15.4. The van der Waals surface area contributed by atoms with Gasteiger partial charge in [0, 0.05) is 24.6 Å². The van der Waals surface area contributed by atoms with Crippen LogP contribution < -0.4 is 10.0 Å². The van der Waals surface area contributed by atoms with Crippen molar-refractivity contribution < 1.29 is 24.8 Å². The minimum atomic E-state index is -1.46. The molecule has 0 radical (unpaired) electrons. The zero-order chi connectivity index (χ0) is 20.3. The molecule has 0 atom stereocenters. The first kappa shape index (κ1) is 23.8. The second kappa shape index (κ2) is 12.2. The number of hydrogen-bond donors (Lipinski definition) is 1. The molecule has 0 aliphatic carbocycles. The third-order valence-electron chi connectivity index (χ3n) is 3.11. The van der Waals surface area contributed by atoms with Gasteiger partial charge in [-0.25, -0.2) is 0 Å². The third-order valence-corrected chi connectivity index (χ3v) is 3.65. The maximum absolute atomic E-state index is 11.1. The van der Waals surface area contributed by atoms with E-state index in [9.17, 15) is 35.4 Å². The molecule has 13 heteroatoms. The number of non-ortho nitro benzene ring substituents is 1. The van der Waals surface area contributed by atoms with Gasteiger partial charge in [-0.15, -0.1) is 23.2 Å². The van der Waals surface area contributed by atoms with Crippen molar-refractivity contribution in [1.82, 2.24) is 0 Å². The quantitative estimate of drug-likeness (QED) is 0.362. The van der Waals surface area contributed by atoms with E-state index in [1.54, 1.807) is 0 Å². The number of benzene rings is 1. The maximum Gasteiger partial charge on any atom is 0.283 e. The monoisotopic (exact) mass is 412 g/mol. The van der Waals surface area contributed by atoms with Crippen molar-refractivity contribution in [3.8, 4) is 5.75 Å². The number of rotatable bonds is 9. The first-order valence-electron chi connectivity index (χ1n) is 7.37. The van der Waals surface area contributed by atoms with E-state index in [2.05, 4.69) is 7.05 Å². The van der Waals surface area contributed by atoms with Crippen LogP contribution in [0, 0.1) is 30.3 Å². The summed E-state index contributed by atoms with van der Waals surface area (Å²) in [5, 5.41) is 42.1. The standard InChI is InChI=1S/C7H15Cl2N.C6H3N3O7/c1-10(6-2-4-8)7-3-5-9;10-6-4(8(13)14)1-3(7(11)12)2-5(6)9(15)16/h2-7H2,1H3;1-2,10H. The van der Waals surface area contributed by atoms with Gasteiger partial charge in [-0.05, 0) is 0 Å². The van der Waals surface area contributed by atoms with E-state index in [-0.39, 0.29) is 0 Å². The average Bonchev–Trinajstić information content (AvgIpc) is 2.58. The largest absolute Gasteiger partial charge is 0.863 e. The fourth-order valence-corrected chi connectivity index (χ4v) is 2.09. The number of hydrogen-bond acceptors (Lipinski definition) is 7. The van der Waals surface area contributed by atoms with Gasteiger partial charge in [0.25, 0.3) is 17.1 Å². The van der Waals surface area contributed by atoms with E-state index >= 15 is 0 Å². The second-order valence-electron chi connectivity index (χ2n) is 5.13. The van der Waals surface area contributed by atoms with Crippen LogP contribution in [0.25, 0.3) is 0 Å². The SMILES string of the molecule is C[NH+](CCCCl)CCCCl.O=[N+]([O-])c1cc([N+](=O)[O-])c([O-])c([N+](=O)[O-])c1. The number of nitrogens with one attached hydrogen (secondary N) is 1. The molecule has 0 saturated carbocycles. The van der Waals surface area contributed by atoms with Gasteiger partial charge in [0.15, 0.2) is 0 Å². The molecular formula is C13H18Cl2N4O7. The lowest BCUT2D eigenvalue weighted by atomic mass is 10.2. The topological polar surface area (TPSA) is 157 Å². The summed E-state index contributed by atoms with van der Waals surface area (Å²) < 4.78 is 0. The van der Waals surface area contributed by atoms with Crippen LogP contribution in [-0.4, -0.2) is 46.7 Å². The Hall–Kier alpha value is -2.24. The van der Waals surface area contributed by atoms with Crippen LogP contribution in [0.5, 0.6) is 5.75 Å². The molecule has 0 aromatic heterocycles. The van der Waals surface area contributed by atoms with Gasteiger partial charge in [-0.2, -0.15) is 0 Å². The number of nitrogens with zero attached hydrogens (tertiary/aromatic N) is 3. The summed E-state index contributed by atoms with van der Waals surface area (Å²) in [7, 11) is 2.18. The van der Waals surface area contributed by atoms with Gasteiger partial charge in [0.05, 0.1) is 52.8 Å². The van der Waals surface area contributed by atoms with Crippen molar-refractivity contribution in [2.75, 3.05) is 31.9 Å². The van der Waals surface area contributed by atoms with Crippen molar-refractivity contribution in [2.45, 2.75) is 12.8 Å². The van der Waals surface area contributed by atoms with Crippen LogP contribution in [0.15, 0.2) is 12.1 Å². The van der Waals surface area contributed by atoms with E-state index < -0.39 is 37.6 Å². The van der Waals surface area contributed by atoms with Crippen molar-refractivity contribution in [3.05, 3.63) is 42.5 Å². The van der Waals surface area contributed by atoms with E-state index in [4.69, 9.17) is 23.2 Å². The molecular weight excluding hydrogens is 395 g/mol. The molecule has 1 N–H and O–H groups in total. The fourth-order valence-electron chi connectivity index (χ4n) is 1.82. The Morgan fingerprint density at radius 3 is 1.54 bits per heavy atom. The maximum atomic E-state index is 11.1. The van der Waals surface area contributed by atoms with Gasteiger partial charge in [0.1, 0.15) is 0 Å². The van der Waals surface area contributed by atoms with Crippen LogP contribution in [0.4, 0.5) is 17.1 Å². The smallest absolute Gasteiger partial charge is 0.283 e. The molecule has 1 aromatic carbocycles. The molecule has 0 aliphatic heterocycles. The number of nitro groups is 3. The number of halogens is 2. The minimum absolute atomic E-state index is 0.384. The highest BCUT2D eigenvalue weighted by Crippen LogP contribution is 2.36. The summed E-state index contributed by atoms with van der Waals surface area (Å²) in [6, 6.07) is 0.769. The molecule has 146 valence electrons. The van der Waals surface area contributed by atoms with Gasteiger partial charge >= 0.3 is 0 Å². The predicted octanol–water partition coefficient (Wildman–Crippen LogP) is 1.24. The molecule has 0 spiro atoms. The summed E-state index contributed by atoms with van der Waals surface area (Å²) >= 11 is 11.1. The van der Waals surface area contributed by atoms with Crippen LogP contribution >= 0.6 is 23.2 Å². The molecule has 26 heavy (non-hydrogen) atoms. The molecule has 0 aliphatic rings. The van der Waals surface area contributed by atoms with E-state index in [0.717, 1.165) is 24.6 Å². The Balaban J connectivity index is 0.000000541. The van der Waals surface area contributed by atoms with E-state index in [1.165, 1.54) is 18.0 Å². The van der Waals surface area contributed by atoms with Crippen LogP contribution in [0.1, 0.15) is 12.8 Å². The Morgan fingerprint density at radius 1 is 0.885 bits per heavy atom. The lowest BCUT2D eigenvalue weighted by Crippen LogP contribution is -3.09. The molecule has 0 unspecified atom stereocenters. The zero-order valence-electron chi connectivity index (χ0n) is 13.9. The highest BCUT2D eigenvalue weighted by molar-refractivity contribution is 6.18. The number of alkyl halides is 2.